The van der Waals surface area contributed by atoms with Crippen LogP contribution in [0.3, 0.4) is 0 Å². The third-order valence-corrected chi connectivity index (χ3v) is 8.51. The molecule has 0 bridgehead atoms. The number of ether oxygens (including phenoxy) is 1. The van der Waals surface area contributed by atoms with Gasteiger partial charge in [-0.05, 0) is 41.2 Å². The van der Waals surface area contributed by atoms with E-state index in [4.69, 9.17) is 4.74 Å². The molecule has 4 rings (SSSR count). The topological polar surface area (TPSA) is 49.9 Å². The summed E-state index contributed by atoms with van der Waals surface area (Å²) in [5.74, 6) is 0. The predicted molar refractivity (Wildman–Crippen MR) is 124 cm³/mol. The molecule has 9 heteroatoms. The smallest absolute Gasteiger partial charge is 0.372 e. The highest BCUT2D eigenvalue weighted by molar-refractivity contribution is 7.89. The van der Waals surface area contributed by atoms with Crippen molar-refractivity contribution in [3.63, 3.8) is 0 Å². The minimum absolute atomic E-state index is 0.0106. The average molecular weight is 497 g/mol. The Kier molecular flexibility index (Phi) is 6.85. The number of hydrogen-bond donors (Lipinski definition) is 0. The first kappa shape index (κ1) is 25.2. The molecule has 2 atom stereocenters. The summed E-state index contributed by atoms with van der Waals surface area (Å²) >= 11 is 0. The molecule has 0 unspecified atom stereocenters. The lowest BCUT2D eigenvalue weighted by molar-refractivity contribution is -0.137. The first-order valence-corrected chi connectivity index (χ1v) is 12.9. The number of piperazine rings is 1. The lowest BCUT2D eigenvalue weighted by Gasteiger charge is -2.36. The Morgan fingerprint density at radius 2 is 1.68 bits per heavy atom. The first-order valence-electron chi connectivity index (χ1n) is 11.5. The SMILES string of the molecule is CC(C)(C)c1ccc(CO[C@@H]2C[C@H]3CN(S(=O)(=O)c4cccc(C(F)(F)F)c4)CCN3C2)cc1. The fourth-order valence-electron chi connectivity index (χ4n) is 4.60. The molecular weight excluding hydrogens is 465 g/mol. The molecule has 2 aromatic rings. The molecule has 0 aromatic heterocycles. The molecule has 0 spiro atoms. The van der Waals surface area contributed by atoms with E-state index in [2.05, 4.69) is 49.9 Å². The van der Waals surface area contributed by atoms with E-state index in [0.717, 1.165) is 24.2 Å². The van der Waals surface area contributed by atoms with E-state index in [-0.39, 0.29) is 35.5 Å². The van der Waals surface area contributed by atoms with Crippen molar-refractivity contribution in [3.05, 3.63) is 65.2 Å². The second-order valence-corrected chi connectivity index (χ2v) is 12.1. The van der Waals surface area contributed by atoms with E-state index in [1.165, 1.54) is 15.9 Å². The van der Waals surface area contributed by atoms with Crippen LogP contribution < -0.4 is 0 Å². The van der Waals surface area contributed by atoms with E-state index < -0.39 is 21.8 Å². The number of rotatable bonds is 5. The van der Waals surface area contributed by atoms with Gasteiger partial charge in [-0.15, -0.1) is 0 Å². The van der Waals surface area contributed by atoms with Gasteiger partial charge in [-0.3, -0.25) is 4.90 Å². The van der Waals surface area contributed by atoms with Crippen molar-refractivity contribution in [1.82, 2.24) is 9.21 Å². The van der Waals surface area contributed by atoms with Crippen LogP contribution in [-0.4, -0.2) is 55.9 Å². The van der Waals surface area contributed by atoms with Gasteiger partial charge in [-0.2, -0.15) is 17.5 Å². The summed E-state index contributed by atoms with van der Waals surface area (Å²) in [5.41, 5.74) is 1.48. The maximum Gasteiger partial charge on any atom is 0.416 e. The molecular formula is C25H31F3N2O3S. The number of benzene rings is 2. The summed E-state index contributed by atoms with van der Waals surface area (Å²) < 4.78 is 72.7. The Balaban J connectivity index is 1.36. The van der Waals surface area contributed by atoms with Gasteiger partial charge in [0.25, 0.3) is 0 Å². The highest BCUT2D eigenvalue weighted by Gasteiger charge is 2.41. The van der Waals surface area contributed by atoms with Gasteiger partial charge < -0.3 is 4.74 Å². The Labute approximate surface area is 199 Å². The van der Waals surface area contributed by atoms with Crippen LogP contribution in [0.25, 0.3) is 0 Å². The maximum atomic E-state index is 13.1. The Hall–Kier alpha value is -1.94. The summed E-state index contributed by atoms with van der Waals surface area (Å²) in [7, 11) is -4.01. The van der Waals surface area contributed by atoms with Gasteiger partial charge in [0.15, 0.2) is 0 Å². The molecule has 2 saturated heterocycles. The van der Waals surface area contributed by atoms with Gasteiger partial charge >= 0.3 is 6.18 Å². The van der Waals surface area contributed by atoms with Crippen molar-refractivity contribution in [2.45, 2.75) is 62.4 Å². The minimum Gasteiger partial charge on any atom is -0.372 e. The third kappa shape index (κ3) is 5.48. The second-order valence-electron chi connectivity index (χ2n) is 10.2. The standard InChI is InChI=1S/C25H31F3N2O3S/c1-24(2,3)19-9-7-18(8-10-19)17-33-22-14-21-15-30(12-11-29(21)16-22)34(31,32)23-6-4-5-20(13-23)25(26,27)28/h4-10,13,21-22H,11-12,14-17H2,1-3H3/t21-,22+/m0/s1. The van der Waals surface area contributed by atoms with Crippen LogP contribution in [0.1, 0.15) is 43.9 Å². The lowest BCUT2D eigenvalue weighted by atomic mass is 9.87. The molecule has 2 fully saturated rings. The van der Waals surface area contributed by atoms with Crippen LogP contribution in [0.2, 0.25) is 0 Å². The van der Waals surface area contributed by atoms with E-state index >= 15 is 0 Å². The number of hydrogen-bond acceptors (Lipinski definition) is 4. The molecule has 34 heavy (non-hydrogen) atoms. The molecule has 0 radical (unpaired) electrons. The number of alkyl halides is 3. The lowest BCUT2D eigenvalue weighted by Crippen LogP contribution is -2.51. The van der Waals surface area contributed by atoms with Gasteiger partial charge in [-0.1, -0.05) is 51.1 Å². The van der Waals surface area contributed by atoms with Crippen LogP contribution in [0, 0.1) is 0 Å². The second kappa shape index (κ2) is 9.26. The fraction of sp³-hybridized carbons (Fsp3) is 0.520. The Bertz CT molecular complexity index is 1110. The predicted octanol–water partition coefficient (Wildman–Crippen LogP) is 4.67. The number of nitrogens with zero attached hydrogens (tertiary/aromatic N) is 2. The number of halogens is 3. The monoisotopic (exact) mass is 496 g/mol. The van der Waals surface area contributed by atoms with Crippen molar-refractivity contribution in [2.24, 2.45) is 0 Å². The highest BCUT2D eigenvalue weighted by Crippen LogP contribution is 2.33. The van der Waals surface area contributed by atoms with Crippen LogP contribution in [0.5, 0.6) is 0 Å². The van der Waals surface area contributed by atoms with Gasteiger partial charge in [-0.25, -0.2) is 8.42 Å². The van der Waals surface area contributed by atoms with E-state index in [0.29, 0.717) is 25.6 Å². The van der Waals surface area contributed by atoms with Crippen molar-refractivity contribution in [3.8, 4) is 0 Å². The zero-order valence-electron chi connectivity index (χ0n) is 19.7. The molecule has 2 heterocycles. The van der Waals surface area contributed by atoms with E-state index in [1.54, 1.807) is 0 Å². The largest absolute Gasteiger partial charge is 0.416 e. The maximum absolute atomic E-state index is 13.1. The molecule has 0 aliphatic carbocycles. The van der Waals surface area contributed by atoms with E-state index in [9.17, 15) is 21.6 Å². The molecule has 186 valence electrons. The minimum atomic E-state index is -4.59. The Morgan fingerprint density at radius 1 is 0.971 bits per heavy atom. The van der Waals surface area contributed by atoms with Crippen LogP contribution in [0.15, 0.2) is 53.4 Å². The quantitative estimate of drug-likeness (QED) is 0.604. The third-order valence-electron chi connectivity index (χ3n) is 6.65. The van der Waals surface area contributed by atoms with Gasteiger partial charge in [0.2, 0.25) is 10.0 Å². The Morgan fingerprint density at radius 3 is 2.32 bits per heavy atom. The fourth-order valence-corrected chi connectivity index (χ4v) is 6.12. The molecule has 2 aliphatic rings. The molecule has 0 amide bonds. The molecule has 5 nitrogen and oxygen atoms in total. The molecule has 2 aromatic carbocycles. The highest BCUT2D eigenvalue weighted by atomic mass is 32.2. The summed E-state index contributed by atoms with van der Waals surface area (Å²) in [6, 6.07) is 12.3. The zero-order valence-corrected chi connectivity index (χ0v) is 20.5. The normalized spacial score (nSPS) is 22.6. The van der Waals surface area contributed by atoms with Gasteiger partial charge in [0, 0.05) is 32.2 Å². The molecule has 0 saturated carbocycles. The van der Waals surface area contributed by atoms with Crippen molar-refractivity contribution < 1.29 is 26.3 Å². The van der Waals surface area contributed by atoms with Crippen molar-refractivity contribution >= 4 is 10.0 Å². The number of sulfonamides is 1. The van der Waals surface area contributed by atoms with Crippen molar-refractivity contribution in [2.75, 3.05) is 26.2 Å². The van der Waals surface area contributed by atoms with Gasteiger partial charge in [0.05, 0.1) is 23.2 Å². The van der Waals surface area contributed by atoms with E-state index in [1.807, 2.05) is 0 Å². The molecule has 0 N–H and O–H groups in total. The van der Waals surface area contributed by atoms with Crippen LogP contribution in [-0.2, 0) is 33.0 Å². The van der Waals surface area contributed by atoms with Crippen LogP contribution >= 0.6 is 0 Å². The zero-order chi connectivity index (χ0) is 24.7. The first-order chi connectivity index (χ1) is 15.8. The summed E-state index contributed by atoms with van der Waals surface area (Å²) in [4.78, 5) is 1.89. The molecule has 2 aliphatic heterocycles. The number of fused-ring (bicyclic) bond motifs is 1. The summed E-state index contributed by atoms with van der Waals surface area (Å²) in [6.07, 6.45) is -3.91. The summed E-state index contributed by atoms with van der Waals surface area (Å²) in [6.45, 7) is 8.75. The van der Waals surface area contributed by atoms with Gasteiger partial charge in [0.1, 0.15) is 0 Å². The van der Waals surface area contributed by atoms with Crippen molar-refractivity contribution in [1.29, 1.82) is 0 Å². The summed E-state index contributed by atoms with van der Waals surface area (Å²) in [5, 5.41) is 0. The van der Waals surface area contributed by atoms with Crippen LogP contribution in [0.4, 0.5) is 13.2 Å². The average Bonchev–Trinajstić information content (AvgIpc) is 3.19.